The molecule has 0 unspecified atom stereocenters. The van der Waals surface area contributed by atoms with Crippen molar-refractivity contribution in [2.45, 2.75) is 0 Å². The van der Waals surface area contributed by atoms with Crippen LogP contribution < -0.4 is 4.90 Å². The van der Waals surface area contributed by atoms with E-state index in [4.69, 9.17) is 9.97 Å². The summed E-state index contributed by atoms with van der Waals surface area (Å²) in [7, 11) is 0. The first-order chi connectivity index (χ1) is 24.7. The Morgan fingerprint density at radius 1 is 0.400 bits per heavy atom. The van der Waals surface area contributed by atoms with E-state index in [9.17, 15) is 4.39 Å². The van der Waals surface area contributed by atoms with Crippen molar-refractivity contribution < 1.29 is 4.39 Å². The highest BCUT2D eigenvalue weighted by Gasteiger charge is 2.17. The zero-order valence-corrected chi connectivity index (χ0v) is 27.0. The molecule has 236 valence electrons. The lowest BCUT2D eigenvalue weighted by Gasteiger charge is -2.25. The van der Waals surface area contributed by atoms with Crippen LogP contribution in [0.25, 0.3) is 66.2 Å². The van der Waals surface area contributed by atoms with E-state index in [0.29, 0.717) is 0 Å². The van der Waals surface area contributed by atoms with Crippen LogP contribution >= 0.6 is 0 Å². The highest BCUT2D eigenvalue weighted by molar-refractivity contribution is 6.19. The van der Waals surface area contributed by atoms with Crippen LogP contribution in [-0.2, 0) is 0 Å². The van der Waals surface area contributed by atoms with Crippen molar-refractivity contribution in [3.8, 4) is 33.6 Å². The Bertz CT molecular complexity index is 2640. The van der Waals surface area contributed by atoms with Gasteiger partial charge in [-0.3, -0.25) is 0 Å². The first kappa shape index (κ1) is 29.5. The summed E-state index contributed by atoms with van der Waals surface area (Å²) >= 11 is 0. The summed E-state index contributed by atoms with van der Waals surface area (Å²) in [4.78, 5) is 12.7. The number of aromatic nitrogens is 2. The van der Waals surface area contributed by atoms with E-state index < -0.39 is 0 Å². The van der Waals surface area contributed by atoms with E-state index in [1.807, 2.05) is 72.8 Å². The van der Waals surface area contributed by atoms with E-state index in [-0.39, 0.29) is 5.82 Å². The predicted octanol–water partition coefficient (Wildman–Crippen LogP) is 12.5. The third kappa shape index (κ3) is 5.33. The quantitative estimate of drug-likeness (QED) is 0.169. The standard InChI is InChI=1S/C46H30FN3/c47-37-15-10-18-40(30-37)50(38-16-8-3-9-17-38)39-25-21-31(22-26-39)35-23-27-41-36(29-35)20-19-32-24-28-42-46(43(32)41)49-45(34-13-6-2-7-14-34)44(48-42)33-11-4-1-5-12-33/h1-30H. The van der Waals surface area contributed by atoms with Gasteiger partial charge < -0.3 is 4.90 Å². The van der Waals surface area contributed by atoms with E-state index >= 15 is 0 Å². The van der Waals surface area contributed by atoms with E-state index in [1.165, 1.54) is 6.07 Å². The number of fused-ring (bicyclic) bond motifs is 5. The fourth-order valence-electron chi connectivity index (χ4n) is 6.88. The summed E-state index contributed by atoms with van der Waals surface area (Å²) < 4.78 is 14.3. The summed E-state index contributed by atoms with van der Waals surface area (Å²) in [6.07, 6.45) is 0. The van der Waals surface area contributed by atoms with E-state index in [1.54, 1.807) is 12.1 Å². The minimum absolute atomic E-state index is 0.268. The molecule has 3 nitrogen and oxygen atoms in total. The molecule has 1 aromatic heterocycles. The molecule has 0 amide bonds. The fourth-order valence-corrected chi connectivity index (χ4v) is 6.88. The largest absolute Gasteiger partial charge is 0.310 e. The SMILES string of the molecule is Fc1cccc(N(c2ccccc2)c2ccc(-c3ccc4c(ccc5ccc6nc(-c7ccccc7)c(-c7ccccc7)nc6c54)c3)cc2)c1. The van der Waals surface area contributed by atoms with Crippen molar-refractivity contribution in [2.24, 2.45) is 0 Å². The Morgan fingerprint density at radius 2 is 0.980 bits per heavy atom. The Labute approximate surface area is 289 Å². The summed E-state index contributed by atoms with van der Waals surface area (Å²) in [5.41, 5.74) is 10.5. The number of para-hydroxylation sites is 1. The van der Waals surface area contributed by atoms with Gasteiger partial charge in [-0.1, -0.05) is 127 Å². The molecule has 0 N–H and O–H groups in total. The molecule has 9 aromatic rings. The first-order valence-corrected chi connectivity index (χ1v) is 16.7. The van der Waals surface area contributed by atoms with Gasteiger partial charge in [0.1, 0.15) is 5.82 Å². The summed E-state index contributed by atoms with van der Waals surface area (Å²) in [6, 6.07) is 61.0. The topological polar surface area (TPSA) is 29.0 Å². The van der Waals surface area contributed by atoms with Gasteiger partial charge in [0.25, 0.3) is 0 Å². The molecule has 0 bridgehead atoms. The van der Waals surface area contributed by atoms with Crippen molar-refractivity contribution in [3.63, 3.8) is 0 Å². The number of benzene rings is 8. The molecule has 0 aliphatic carbocycles. The maximum Gasteiger partial charge on any atom is 0.125 e. The van der Waals surface area contributed by atoms with Crippen molar-refractivity contribution in [1.29, 1.82) is 0 Å². The lowest BCUT2D eigenvalue weighted by atomic mass is 9.96. The van der Waals surface area contributed by atoms with Crippen LogP contribution in [-0.4, -0.2) is 9.97 Å². The monoisotopic (exact) mass is 643 g/mol. The van der Waals surface area contributed by atoms with Gasteiger partial charge >= 0.3 is 0 Å². The number of hydrogen-bond acceptors (Lipinski definition) is 3. The lowest BCUT2D eigenvalue weighted by Crippen LogP contribution is -2.09. The highest BCUT2D eigenvalue weighted by Crippen LogP contribution is 2.39. The molecule has 50 heavy (non-hydrogen) atoms. The van der Waals surface area contributed by atoms with Crippen LogP contribution in [0.1, 0.15) is 0 Å². The highest BCUT2D eigenvalue weighted by atomic mass is 19.1. The normalized spacial score (nSPS) is 11.3. The van der Waals surface area contributed by atoms with Gasteiger partial charge in [-0.05, 0) is 81.9 Å². The predicted molar refractivity (Wildman–Crippen MR) is 205 cm³/mol. The average molecular weight is 644 g/mol. The summed E-state index contributed by atoms with van der Waals surface area (Å²) in [6.45, 7) is 0. The summed E-state index contributed by atoms with van der Waals surface area (Å²) in [5.74, 6) is -0.268. The Hall–Kier alpha value is -6.65. The number of hydrogen-bond donors (Lipinski definition) is 0. The maximum atomic E-state index is 14.3. The molecule has 1 heterocycles. The van der Waals surface area contributed by atoms with Crippen molar-refractivity contribution >= 4 is 49.6 Å². The van der Waals surface area contributed by atoms with Gasteiger partial charge in [0.2, 0.25) is 0 Å². The summed E-state index contributed by atoms with van der Waals surface area (Å²) in [5, 5.41) is 4.49. The van der Waals surface area contributed by atoms with Crippen LogP contribution in [0, 0.1) is 5.82 Å². The molecular formula is C46H30FN3. The van der Waals surface area contributed by atoms with Gasteiger partial charge in [-0.25, -0.2) is 14.4 Å². The molecule has 0 aliphatic heterocycles. The maximum absolute atomic E-state index is 14.3. The average Bonchev–Trinajstić information content (AvgIpc) is 3.18. The number of anilines is 3. The Balaban J connectivity index is 1.15. The van der Waals surface area contributed by atoms with Crippen molar-refractivity contribution in [2.75, 3.05) is 4.90 Å². The molecular weight excluding hydrogens is 614 g/mol. The third-order valence-electron chi connectivity index (χ3n) is 9.27. The second-order valence-corrected chi connectivity index (χ2v) is 12.4. The molecule has 0 radical (unpaired) electrons. The second kappa shape index (κ2) is 12.4. The minimum atomic E-state index is -0.268. The van der Waals surface area contributed by atoms with Crippen molar-refractivity contribution in [1.82, 2.24) is 9.97 Å². The Morgan fingerprint density at radius 3 is 1.68 bits per heavy atom. The smallest absolute Gasteiger partial charge is 0.125 e. The zero-order valence-electron chi connectivity index (χ0n) is 27.0. The fraction of sp³-hybridized carbons (Fsp3) is 0. The van der Waals surface area contributed by atoms with E-state index in [0.717, 1.165) is 83.3 Å². The zero-order chi connectivity index (χ0) is 33.4. The minimum Gasteiger partial charge on any atom is -0.310 e. The number of halogens is 1. The van der Waals surface area contributed by atoms with Gasteiger partial charge in [-0.2, -0.15) is 0 Å². The van der Waals surface area contributed by atoms with Crippen molar-refractivity contribution in [3.05, 3.63) is 188 Å². The molecule has 0 saturated carbocycles. The van der Waals surface area contributed by atoms with E-state index in [2.05, 4.69) is 95.9 Å². The third-order valence-corrected chi connectivity index (χ3v) is 9.27. The molecule has 9 rings (SSSR count). The van der Waals surface area contributed by atoms with Gasteiger partial charge in [0.05, 0.1) is 22.4 Å². The van der Waals surface area contributed by atoms with Crippen LogP contribution in [0.15, 0.2) is 182 Å². The van der Waals surface area contributed by atoms with Crippen LogP contribution in [0.4, 0.5) is 21.5 Å². The van der Waals surface area contributed by atoms with Crippen LogP contribution in [0.5, 0.6) is 0 Å². The number of rotatable bonds is 6. The molecule has 0 fully saturated rings. The molecule has 0 atom stereocenters. The lowest BCUT2D eigenvalue weighted by molar-refractivity contribution is 0.628. The van der Waals surface area contributed by atoms with Gasteiger partial charge in [0, 0.05) is 33.6 Å². The molecule has 0 aliphatic rings. The Kier molecular flexibility index (Phi) is 7.33. The van der Waals surface area contributed by atoms with Crippen LogP contribution in [0.3, 0.4) is 0 Å². The second-order valence-electron chi connectivity index (χ2n) is 12.4. The van der Waals surface area contributed by atoms with Crippen LogP contribution in [0.2, 0.25) is 0 Å². The molecule has 4 heteroatoms. The molecule has 0 saturated heterocycles. The molecule has 0 spiro atoms. The molecule has 8 aromatic carbocycles. The first-order valence-electron chi connectivity index (χ1n) is 16.7. The van der Waals surface area contributed by atoms with Gasteiger partial charge in [-0.15, -0.1) is 0 Å². The number of nitrogens with zero attached hydrogens (tertiary/aromatic N) is 3. The van der Waals surface area contributed by atoms with Gasteiger partial charge in [0.15, 0.2) is 0 Å².